The minimum atomic E-state index is -3.28. The maximum absolute atomic E-state index is 15.7. The lowest BCUT2D eigenvalue weighted by Crippen LogP contribution is -2.47. The van der Waals surface area contributed by atoms with E-state index in [1.165, 1.54) is 10.8 Å². The van der Waals surface area contributed by atoms with Crippen LogP contribution in [-0.2, 0) is 16.0 Å². The number of morpholine rings is 1. The average Bonchev–Trinajstić information content (AvgIpc) is 2.98. The fourth-order valence-corrected chi connectivity index (χ4v) is 5.13. The van der Waals surface area contributed by atoms with Crippen LogP contribution in [0.5, 0.6) is 5.75 Å². The second-order valence-corrected chi connectivity index (χ2v) is 9.58. The van der Waals surface area contributed by atoms with E-state index in [1.54, 1.807) is 30.3 Å². The van der Waals surface area contributed by atoms with Crippen LogP contribution in [0, 0.1) is 5.82 Å². The van der Waals surface area contributed by atoms with Crippen LogP contribution in [0.15, 0.2) is 35.5 Å². The van der Waals surface area contributed by atoms with Crippen molar-refractivity contribution in [1.29, 1.82) is 0 Å². The maximum atomic E-state index is 15.7. The van der Waals surface area contributed by atoms with Gasteiger partial charge in [-0.25, -0.2) is 19.2 Å². The molecule has 0 spiro atoms. The molecule has 0 radical (unpaired) electrons. The van der Waals surface area contributed by atoms with Gasteiger partial charge in [0.15, 0.2) is 11.6 Å². The number of rotatable bonds is 9. The van der Waals surface area contributed by atoms with Gasteiger partial charge in [0, 0.05) is 70.9 Å². The zero-order valence-corrected chi connectivity index (χ0v) is 22.6. The van der Waals surface area contributed by atoms with E-state index in [4.69, 9.17) is 14.2 Å². The van der Waals surface area contributed by atoms with Gasteiger partial charge >= 0.3 is 12.6 Å². The van der Waals surface area contributed by atoms with Crippen LogP contribution >= 0.6 is 0 Å². The van der Waals surface area contributed by atoms with E-state index in [0.717, 1.165) is 6.07 Å². The summed E-state index contributed by atoms with van der Waals surface area (Å²) in [7, 11) is 0. The summed E-state index contributed by atoms with van der Waals surface area (Å²) in [6.07, 6.45) is 4.49. The number of benzene rings is 1. The lowest BCUT2D eigenvalue weighted by atomic mass is 10.1. The van der Waals surface area contributed by atoms with Gasteiger partial charge in [-0.1, -0.05) is 0 Å². The van der Waals surface area contributed by atoms with Gasteiger partial charge in [-0.2, -0.15) is 8.78 Å². The molecule has 11 nitrogen and oxygen atoms in total. The Kier molecular flexibility index (Phi) is 8.88. The predicted octanol–water partition coefficient (Wildman–Crippen LogP) is 2.37. The number of aromatic nitrogens is 3. The van der Waals surface area contributed by atoms with Gasteiger partial charge in [-0.15, -0.1) is 0 Å². The molecule has 0 unspecified atom stereocenters. The minimum absolute atomic E-state index is 0.0205. The molecule has 0 aliphatic carbocycles. The molecule has 0 N–H and O–H groups in total. The van der Waals surface area contributed by atoms with Crippen molar-refractivity contribution in [3.63, 3.8) is 0 Å². The fourth-order valence-electron chi connectivity index (χ4n) is 5.13. The van der Waals surface area contributed by atoms with Gasteiger partial charge in [-0.05, 0) is 19.1 Å². The van der Waals surface area contributed by atoms with Crippen molar-refractivity contribution in [2.45, 2.75) is 20.1 Å². The number of aryl methyl sites for hydroxylation is 1. The van der Waals surface area contributed by atoms with Gasteiger partial charge in [0.1, 0.15) is 17.9 Å². The molecule has 2 aromatic heterocycles. The molecule has 3 aromatic rings. The Balaban J connectivity index is 1.46. The van der Waals surface area contributed by atoms with E-state index in [2.05, 4.69) is 14.9 Å². The predicted molar refractivity (Wildman–Crippen MR) is 144 cm³/mol. The summed E-state index contributed by atoms with van der Waals surface area (Å²) in [6, 6.07) is 2.68. The quantitative estimate of drug-likeness (QED) is 0.353. The highest BCUT2D eigenvalue weighted by Crippen LogP contribution is 2.40. The highest BCUT2D eigenvalue weighted by Gasteiger charge is 2.30. The minimum Gasteiger partial charge on any atom is -0.461 e. The molecule has 0 saturated carbocycles. The van der Waals surface area contributed by atoms with Crippen molar-refractivity contribution in [3.8, 4) is 5.75 Å². The van der Waals surface area contributed by atoms with Crippen molar-refractivity contribution in [2.24, 2.45) is 0 Å². The standard InChI is InChI=1S/C27H31F3N6O5/c1-2-34-17-19(25(38)40-15-12-33-10-13-39-14-11-33)23(37)18-16-20(28)22(24(21(18)34)41-26(29)30)35-6-8-36(9-7-35)27-31-4-3-5-32-27/h3-5,16-17,26H,2,6-15H2,1H3. The molecule has 4 heterocycles. The number of pyridine rings is 1. The smallest absolute Gasteiger partial charge is 0.387 e. The summed E-state index contributed by atoms with van der Waals surface area (Å²) in [4.78, 5) is 40.3. The van der Waals surface area contributed by atoms with Crippen molar-refractivity contribution >= 4 is 28.5 Å². The van der Waals surface area contributed by atoms with Crippen molar-refractivity contribution in [2.75, 3.05) is 75.4 Å². The van der Waals surface area contributed by atoms with Gasteiger partial charge in [0.05, 0.1) is 24.1 Å². The lowest BCUT2D eigenvalue weighted by molar-refractivity contribution is -0.0488. The Morgan fingerprint density at radius 1 is 1.07 bits per heavy atom. The topological polar surface area (TPSA) is 102 Å². The first-order valence-corrected chi connectivity index (χ1v) is 13.5. The van der Waals surface area contributed by atoms with E-state index in [1.807, 2.05) is 4.90 Å². The van der Waals surface area contributed by atoms with Crippen LogP contribution in [0.3, 0.4) is 0 Å². The summed E-state index contributed by atoms with van der Waals surface area (Å²) >= 11 is 0. The molecule has 41 heavy (non-hydrogen) atoms. The number of ether oxygens (including phenoxy) is 3. The number of fused-ring (bicyclic) bond motifs is 1. The second-order valence-electron chi connectivity index (χ2n) is 9.58. The average molecular weight is 577 g/mol. The fraction of sp³-hybridized carbons (Fsp3) is 0.481. The second kappa shape index (κ2) is 12.7. The normalized spacial score (nSPS) is 16.4. The van der Waals surface area contributed by atoms with Crippen LogP contribution in [-0.4, -0.2) is 97.6 Å². The van der Waals surface area contributed by atoms with E-state index in [-0.39, 0.29) is 48.4 Å². The van der Waals surface area contributed by atoms with E-state index in [9.17, 15) is 18.4 Å². The number of hydrogen-bond acceptors (Lipinski definition) is 10. The zero-order chi connectivity index (χ0) is 28.9. The monoisotopic (exact) mass is 576 g/mol. The molecular weight excluding hydrogens is 545 g/mol. The third-order valence-electron chi connectivity index (χ3n) is 7.19. The van der Waals surface area contributed by atoms with Crippen LogP contribution in [0.4, 0.5) is 24.8 Å². The highest BCUT2D eigenvalue weighted by atomic mass is 19.3. The first-order valence-electron chi connectivity index (χ1n) is 13.5. The van der Waals surface area contributed by atoms with Crippen LogP contribution in [0.1, 0.15) is 17.3 Å². The Labute approximate surface area is 234 Å². The molecule has 1 aromatic carbocycles. The molecule has 2 saturated heterocycles. The van der Waals surface area contributed by atoms with Gasteiger partial charge in [-0.3, -0.25) is 9.69 Å². The van der Waals surface area contributed by atoms with Crippen LogP contribution < -0.4 is 20.0 Å². The van der Waals surface area contributed by atoms with E-state index >= 15 is 4.39 Å². The molecule has 5 rings (SSSR count). The number of nitrogens with zero attached hydrogens (tertiary/aromatic N) is 6. The molecule has 220 valence electrons. The van der Waals surface area contributed by atoms with E-state index < -0.39 is 29.6 Å². The Morgan fingerprint density at radius 3 is 2.41 bits per heavy atom. The first kappa shape index (κ1) is 28.6. The summed E-state index contributed by atoms with van der Waals surface area (Å²) in [5.41, 5.74) is -1.33. The number of esters is 1. The summed E-state index contributed by atoms with van der Waals surface area (Å²) in [6.45, 7) is 3.10. The highest BCUT2D eigenvalue weighted by molar-refractivity contribution is 5.97. The lowest BCUT2D eigenvalue weighted by Gasteiger charge is -2.37. The number of carbonyl (C=O) groups excluding carboxylic acids is 1. The third kappa shape index (κ3) is 6.22. The Morgan fingerprint density at radius 2 is 1.76 bits per heavy atom. The van der Waals surface area contributed by atoms with Crippen molar-refractivity contribution in [1.82, 2.24) is 19.4 Å². The third-order valence-corrected chi connectivity index (χ3v) is 7.19. The molecule has 0 amide bonds. The molecule has 0 bridgehead atoms. The molecule has 0 atom stereocenters. The number of carbonyl (C=O) groups is 1. The Hall–Kier alpha value is -3.91. The summed E-state index contributed by atoms with van der Waals surface area (Å²) in [5, 5.41) is -0.247. The first-order chi connectivity index (χ1) is 19.9. The van der Waals surface area contributed by atoms with E-state index in [0.29, 0.717) is 51.9 Å². The van der Waals surface area contributed by atoms with Crippen LogP contribution in [0.25, 0.3) is 10.9 Å². The molecule has 2 aliphatic rings. The van der Waals surface area contributed by atoms with Crippen molar-refractivity contribution in [3.05, 3.63) is 52.3 Å². The summed E-state index contributed by atoms with van der Waals surface area (Å²) < 4.78 is 60.1. The van der Waals surface area contributed by atoms with Crippen molar-refractivity contribution < 1.29 is 32.2 Å². The maximum Gasteiger partial charge on any atom is 0.387 e. The van der Waals surface area contributed by atoms with Crippen LogP contribution in [0.2, 0.25) is 0 Å². The largest absolute Gasteiger partial charge is 0.461 e. The number of piperazine rings is 1. The SMILES string of the molecule is CCn1cc(C(=O)OCCN2CCOCC2)c(=O)c2cc(F)c(N3CCN(c4ncccn4)CC3)c(OC(F)F)c21. The van der Waals surface area contributed by atoms with Gasteiger partial charge < -0.3 is 28.6 Å². The van der Waals surface area contributed by atoms with Gasteiger partial charge in [0.2, 0.25) is 11.4 Å². The number of anilines is 2. The van der Waals surface area contributed by atoms with Gasteiger partial charge in [0.25, 0.3) is 0 Å². The number of hydrogen-bond donors (Lipinski definition) is 0. The molecular formula is C27H31F3N6O5. The molecule has 2 aliphatic heterocycles. The number of alkyl halides is 2. The number of halogens is 3. The molecule has 14 heteroatoms. The summed E-state index contributed by atoms with van der Waals surface area (Å²) in [5.74, 6) is -1.72. The molecule has 2 fully saturated rings. The zero-order valence-electron chi connectivity index (χ0n) is 22.6. The Bertz CT molecular complexity index is 1430.